The molecule has 1 N–H and O–H groups in total. The Labute approximate surface area is 145 Å². The Hall–Kier alpha value is -1.14. The molecule has 0 spiro atoms. The molecular weight excluding hydrogens is 301 g/mol. The van der Waals surface area contributed by atoms with E-state index < -0.39 is 0 Å². The van der Waals surface area contributed by atoms with Crippen molar-refractivity contribution in [3.05, 3.63) is 35.9 Å². The van der Waals surface area contributed by atoms with Gasteiger partial charge in [-0.3, -0.25) is 4.90 Å². The van der Waals surface area contributed by atoms with Crippen molar-refractivity contribution in [3.8, 4) is 0 Å². The predicted molar refractivity (Wildman–Crippen MR) is 98.3 cm³/mol. The fourth-order valence-corrected chi connectivity index (χ4v) is 3.18. The molecule has 0 radical (unpaired) electrons. The maximum Gasteiger partial charge on any atom is 0.494 e. The predicted octanol–water partition coefficient (Wildman–Crippen LogP) is 2.07. The zero-order valence-electron chi connectivity index (χ0n) is 15.2. The Morgan fingerprint density at radius 3 is 2.46 bits per heavy atom. The fraction of sp³-hybridized carbons (Fsp3) is 0.579. The molecule has 0 aliphatic carbocycles. The van der Waals surface area contributed by atoms with Crippen molar-refractivity contribution in [2.45, 2.75) is 45.3 Å². The Balaban J connectivity index is 1.76. The highest BCUT2D eigenvalue weighted by molar-refractivity contribution is 6.62. The van der Waals surface area contributed by atoms with Gasteiger partial charge in [-0.25, -0.2) is 0 Å². The maximum absolute atomic E-state index is 9.05. The fourth-order valence-electron chi connectivity index (χ4n) is 3.18. The second kappa shape index (κ2) is 6.64. The van der Waals surface area contributed by atoms with Gasteiger partial charge >= 0.3 is 7.12 Å². The number of aliphatic hydroxyl groups excluding tert-OH is 1. The van der Waals surface area contributed by atoms with Crippen LogP contribution in [0.15, 0.2) is 30.3 Å². The van der Waals surface area contributed by atoms with Gasteiger partial charge in [-0.1, -0.05) is 30.3 Å². The van der Waals surface area contributed by atoms with Crippen molar-refractivity contribution in [1.82, 2.24) is 4.90 Å². The van der Waals surface area contributed by atoms with Crippen molar-refractivity contribution < 1.29 is 14.4 Å². The van der Waals surface area contributed by atoms with E-state index in [1.165, 1.54) is 11.1 Å². The van der Waals surface area contributed by atoms with E-state index in [1.54, 1.807) is 0 Å². The molecule has 2 aliphatic heterocycles. The molecule has 0 amide bonds. The Kier molecular flexibility index (Phi) is 4.89. The SMILES string of the molecule is CC1(C)OB(c2cccc(C3=CCN(CCO)CC3)c2)OC1(C)C. The Morgan fingerprint density at radius 1 is 1.17 bits per heavy atom. The molecule has 5 heteroatoms. The molecule has 4 nitrogen and oxygen atoms in total. The summed E-state index contributed by atoms with van der Waals surface area (Å²) in [6, 6.07) is 8.50. The van der Waals surface area contributed by atoms with Crippen LogP contribution >= 0.6 is 0 Å². The minimum Gasteiger partial charge on any atom is -0.399 e. The molecule has 1 aromatic carbocycles. The third-order valence-electron chi connectivity index (χ3n) is 5.49. The van der Waals surface area contributed by atoms with Crippen LogP contribution in [0, 0.1) is 0 Å². The summed E-state index contributed by atoms with van der Waals surface area (Å²) in [6.45, 7) is 11.2. The van der Waals surface area contributed by atoms with Gasteiger partial charge in [-0.15, -0.1) is 0 Å². The van der Waals surface area contributed by atoms with Gasteiger partial charge in [0.1, 0.15) is 0 Å². The second-order valence-corrected chi connectivity index (χ2v) is 7.72. The van der Waals surface area contributed by atoms with Crippen molar-refractivity contribution in [1.29, 1.82) is 0 Å². The average Bonchev–Trinajstić information content (AvgIpc) is 2.77. The van der Waals surface area contributed by atoms with Crippen LogP contribution in [-0.4, -0.2) is 54.6 Å². The van der Waals surface area contributed by atoms with Gasteiger partial charge in [0.25, 0.3) is 0 Å². The van der Waals surface area contributed by atoms with Crippen LogP contribution in [0.4, 0.5) is 0 Å². The molecule has 0 saturated carbocycles. The highest BCUT2D eigenvalue weighted by Gasteiger charge is 2.51. The van der Waals surface area contributed by atoms with E-state index >= 15 is 0 Å². The van der Waals surface area contributed by atoms with E-state index in [2.05, 4.69) is 62.9 Å². The van der Waals surface area contributed by atoms with E-state index in [0.717, 1.165) is 31.5 Å². The lowest BCUT2D eigenvalue weighted by Gasteiger charge is -2.32. The minimum atomic E-state index is -0.317. The normalized spacial score (nSPS) is 23.4. The standard InChI is InChI=1S/C19H28BNO3/c1-18(2)19(3,4)24-20(23-18)17-7-5-6-16(14-17)15-8-10-21(11-9-15)12-13-22/h5-8,14,22H,9-13H2,1-4H3. The van der Waals surface area contributed by atoms with E-state index in [4.69, 9.17) is 14.4 Å². The quantitative estimate of drug-likeness (QED) is 0.859. The van der Waals surface area contributed by atoms with Crippen molar-refractivity contribution in [2.24, 2.45) is 0 Å². The molecule has 0 aromatic heterocycles. The molecule has 130 valence electrons. The number of benzene rings is 1. The smallest absolute Gasteiger partial charge is 0.399 e. The monoisotopic (exact) mass is 329 g/mol. The first-order valence-corrected chi connectivity index (χ1v) is 8.81. The van der Waals surface area contributed by atoms with E-state index in [1.807, 2.05) is 0 Å². The van der Waals surface area contributed by atoms with Crippen molar-refractivity contribution in [2.75, 3.05) is 26.2 Å². The van der Waals surface area contributed by atoms with Crippen LogP contribution in [0.3, 0.4) is 0 Å². The van der Waals surface area contributed by atoms with Crippen LogP contribution < -0.4 is 5.46 Å². The van der Waals surface area contributed by atoms with Gasteiger partial charge in [0.2, 0.25) is 0 Å². The van der Waals surface area contributed by atoms with Gasteiger partial charge in [0, 0.05) is 19.6 Å². The summed E-state index contributed by atoms with van der Waals surface area (Å²) in [5.74, 6) is 0. The van der Waals surface area contributed by atoms with Crippen LogP contribution in [0.2, 0.25) is 0 Å². The lowest BCUT2D eigenvalue weighted by Crippen LogP contribution is -2.41. The molecular formula is C19H28BNO3. The first-order chi connectivity index (χ1) is 11.3. The lowest BCUT2D eigenvalue weighted by atomic mass is 9.77. The number of β-amino-alcohol motifs (C(OH)–C–C–N with tert-alkyl or cyclic N) is 1. The first kappa shape index (κ1) is 17.7. The number of hydrogen-bond donors (Lipinski definition) is 1. The zero-order chi connectivity index (χ0) is 17.4. The third-order valence-corrected chi connectivity index (χ3v) is 5.49. The third kappa shape index (κ3) is 3.45. The minimum absolute atomic E-state index is 0.223. The molecule has 3 rings (SSSR count). The topological polar surface area (TPSA) is 41.9 Å². The number of hydrogen-bond acceptors (Lipinski definition) is 4. The Morgan fingerprint density at radius 2 is 1.88 bits per heavy atom. The number of aliphatic hydroxyl groups is 1. The summed E-state index contributed by atoms with van der Waals surface area (Å²) in [4.78, 5) is 2.27. The summed E-state index contributed by atoms with van der Waals surface area (Å²) < 4.78 is 12.3. The van der Waals surface area contributed by atoms with Gasteiger partial charge < -0.3 is 14.4 Å². The lowest BCUT2D eigenvalue weighted by molar-refractivity contribution is 0.00578. The van der Waals surface area contributed by atoms with Gasteiger partial charge in [0.15, 0.2) is 0 Å². The molecule has 24 heavy (non-hydrogen) atoms. The number of rotatable bonds is 4. The largest absolute Gasteiger partial charge is 0.494 e. The highest BCUT2D eigenvalue weighted by atomic mass is 16.7. The molecule has 2 aliphatic rings. The van der Waals surface area contributed by atoms with E-state index in [-0.39, 0.29) is 24.9 Å². The van der Waals surface area contributed by atoms with Crippen LogP contribution in [0.5, 0.6) is 0 Å². The molecule has 1 saturated heterocycles. The molecule has 1 fully saturated rings. The van der Waals surface area contributed by atoms with Crippen LogP contribution in [-0.2, 0) is 9.31 Å². The first-order valence-electron chi connectivity index (χ1n) is 8.81. The maximum atomic E-state index is 9.05. The molecule has 0 atom stereocenters. The molecule has 1 aromatic rings. The Bertz CT molecular complexity index is 611. The van der Waals surface area contributed by atoms with Crippen LogP contribution in [0.25, 0.3) is 5.57 Å². The second-order valence-electron chi connectivity index (χ2n) is 7.72. The summed E-state index contributed by atoms with van der Waals surface area (Å²) in [5.41, 5.74) is 3.05. The molecule has 0 unspecified atom stereocenters. The number of nitrogens with zero attached hydrogens (tertiary/aromatic N) is 1. The molecule has 2 heterocycles. The van der Waals surface area contributed by atoms with Crippen molar-refractivity contribution in [3.63, 3.8) is 0 Å². The summed E-state index contributed by atoms with van der Waals surface area (Å²) >= 11 is 0. The van der Waals surface area contributed by atoms with Gasteiger partial charge in [0.05, 0.1) is 17.8 Å². The van der Waals surface area contributed by atoms with Crippen molar-refractivity contribution >= 4 is 18.2 Å². The summed E-state index contributed by atoms with van der Waals surface area (Å²) in [5, 5.41) is 9.05. The molecule has 0 bridgehead atoms. The summed E-state index contributed by atoms with van der Waals surface area (Å²) in [6.07, 6.45) is 3.27. The summed E-state index contributed by atoms with van der Waals surface area (Å²) in [7, 11) is -0.315. The average molecular weight is 329 g/mol. The van der Waals surface area contributed by atoms with Crippen LogP contribution in [0.1, 0.15) is 39.7 Å². The van der Waals surface area contributed by atoms with Gasteiger partial charge in [-0.2, -0.15) is 0 Å². The van der Waals surface area contributed by atoms with E-state index in [0.29, 0.717) is 0 Å². The highest BCUT2D eigenvalue weighted by Crippen LogP contribution is 2.36. The van der Waals surface area contributed by atoms with Gasteiger partial charge in [-0.05, 0) is 50.7 Å². The van der Waals surface area contributed by atoms with E-state index in [9.17, 15) is 0 Å². The zero-order valence-corrected chi connectivity index (χ0v) is 15.2.